The number of ether oxygens (including phenoxy) is 2. The highest BCUT2D eigenvalue weighted by atomic mass is 16.7. The molecule has 0 N–H and O–H groups in total. The van der Waals surface area contributed by atoms with Gasteiger partial charge < -0.3 is 9.47 Å². The second-order valence-electron chi connectivity index (χ2n) is 7.38. The molecule has 1 fully saturated rings. The minimum absolute atomic E-state index is 0.0501. The molecule has 2 rings (SSSR count). The van der Waals surface area contributed by atoms with Gasteiger partial charge >= 0.3 is 0 Å². The molecule has 0 aromatic rings. The Morgan fingerprint density at radius 1 is 1.30 bits per heavy atom. The summed E-state index contributed by atoms with van der Waals surface area (Å²) in [5, 5.41) is 0. The smallest absolute Gasteiger partial charge is 0.167 e. The van der Waals surface area contributed by atoms with Gasteiger partial charge in [-0.3, -0.25) is 4.79 Å². The number of carbonyl (C=O) groups excluding carboxylic acids is 1. The van der Waals surface area contributed by atoms with Gasteiger partial charge in [0.05, 0.1) is 0 Å². The Morgan fingerprint density at radius 2 is 2.00 bits per heavy atom. The van der Waals surface area contributed by atoms with Crippen LogP contribution >= 0.6 is 0 Å². The van der Waals surface area contributed by atoms with Crippen LogP contribution in [0.1, 0.15) is 53.4 Å². The van der Waals surface area contributed by atoms with Crippen LogP contribution in [0.5, 0.6) is 0 Å². The monoisotopic (exact) mass is 280 g/mol. The lowest BCUT2D eigenvalue weighted by atomic mass is 9.72. The summed E-state index contributed by atoms with van der Waals surface area (Å²) in [5.74, 6) is 0.498. The van der Waals surface area contributed by atoms with E-state index in [4.69, 9.17) is 9.47 Å². The van der Waals surface area contributed by atoms with E-state index in [9.17, 15) is 4.79 Å². The first-order valence-electron chi connectivity index (χ1n) is 7.65. The van der Waals surface area contributed by atoms with E-state index in [0.717, 1.165) is 25.7 Å². The van der Waals surface area contributed by atoms with E-state index in [1.54, 1.807) is 7.11 Å². The third-order valence-electron chi connectivity index (χ3n) is 5.30. The maximum atomic E-state index is 13.0. The highest BCUT2D eigenvalue weighted by Gasteiger charge is 2.49. The van der Waals surface area contributed by atoms with Crippen molar-refractivity contribution in [3.05, 3.63) is 11.6 Å². The Kier molecular flexibility index (Phi) is 4.41. The molecule has 3 nitrogen and oxygen atoms in total. The van der Waals surface area contributed by atoms with E-state index in [1.807, 2.05) is 13.8 Å². The van der Waals surface area contributed by atoms with E-state index in [2.05, 4.69) is 19.9 Å². The standard InChI is InChI=1S/C17H28O3/c1-16(2)10-6-7-12-8-9-13(17(12,3)4)14(15(16)18)20-11-19-5/h7,13-14H,6,8-11H2,1-5H3/b12-7+/t13-,14-/m1/s1. The predicted molar refractivity (Wildman–Crippen MR) is 79.4 cm³/mol. The summed E-state index contributed by atoms with van der Waals surface area (Å²) in [7, 11) is 1.61. The fourth-order valence-corrected chi connectivity index (χ4v) is 3.76. The molecule has 0 aromatic heterocycles. The van der Waals surface area contributed by atoms with Gasteiger partial charge in [0.2, 0.25) is 0 Å². The highest BCUT2D eigenvalue weighted by Crippen LogP contribution is 2.51. The lowest BCUT2D eigenvalue weighted by molar-refractivity contribution is -0.157. The van der Waals surface area contributed by atoms with Gasteiger partial charge in [-0.15, -0.1) is 0 Å². The highest BCUT2D eigenvalue weighted by molar-refractivity contribution is 5.88. The first kappa shape index (κ1) is 15.7. The molecule has 0 unspecified atom stereocenters. The summed E-state index contributed by atoms with van der Waals surface area (Å²) in [6.45, 7) is 8.79. The molecule has 0 spiro atoms. The van der Waals surface area contributed by atoms with Gasteiger partial charge in [0.1, 0.15) is 12.9 Å². The number of carbonyl (C=O) groups is 1. The second-order valence-corrected chi connectivity index (χ2v) is 7.38. The SMILES string of the molecule is COCO[C@H]1C(=O)C(C)(C)CC/C=C2\CC[C@H]1C2(C)C. The van der Waals surface area contributed by atoms with Crippen molar-refractivity contribution in [1.82, 2.24) is 0 Å². The van der Waals surface area contributed by atoms with Crippen LogP contribution in [0.4, 0.5) is 0 Å². The van der Waals surface area contributed by atoms with Crippen molar-refractivity contribution in [2.24, 2.45) is 16.7 Å². The molecule has 0 aliphatic heterocycles. The molecule has 2 aliphatic carbocycles. The molecule has 0 aromatic carbocycles. The third-order valence-corrected chi connectivity index (χ3v) is 5.30. The van der Waals surface area contributed by atoms with Gasteiger partial charge in [0, 0.05) is 18.4 Å². The molecule has 0 radical (unpaired) electrons. The number of hydrogen-bond acceptors (Lipinski definition) is 3. The normalized spacial score (nSPS) is 34.9. The Balaban J connectivity index is 2.37. The number of Topliss-reactive ketones (excluding diaryl/α,β-unsaturated/α-hetero) is 1. The first-order valence-corrected chi connectivity index (χ1v) is 7.65. The molecular formula is C17H28O3. The lowest BCUT2D eigenvalue weighted by Gasteiger charge is -2.36. The number of rotatable bonds is 3. The maximum absolute atomic E-state index is 13.0. The summed E-state index contributed by atoms with van der Waals surface area (Å²) in [6.07, 6.45) is 6.04. The van der Waals surface area contributed by atoms with Crippen LogP contribution in [-0.2, 0) is 14.3 Å². The van der Waals surface area contributed by atoms with E-state index >= 15 is 0 Å². The minimum atomic E-state index is -0.344. The summed E-state index contributed by atoms with van der Waals surface area (Å²) in [5.41, 5.74) is 1.23. The van der Waals surface area contributed by atoms with Gasteiger partial charge in [-0.2, -0.15) is 0 Å². The quantitative estimate of drug-likeness (QED) is 0.584. The molecule has 20 heavy (non-hydrogen) atoms. The van der Waals surface area contributed by atoms with Crippen molar-refractivity contribution in [3.63, 3.8) is 0 Å². The van der Waals surface area contributed by atoms with Crippen LogP contribution in [0.15, 0.2) is 11.6 Å². The van der Waals surface area contributed by atoms with E-state index in [1.165, 1.54) is 5.57 Å². The molecule has 114 valence electrons. The summed E-state index contributed by atoms with van der Waals surface area (Å²) < 4.78 is 10.9. The second kappa shape index (κ2) is 5.61. The molecular weight excluding hydrogens is 252 g/mol. The molecule has 1 saturated carbocycles. The molecule has 0 saturated heterocycles. The maximum Gasteiger partial charge on any atom is 0.167 e. The van der Waals surface area contributed by atoms with E-state index < -0.39 is 0 Å². The minimum Gasteiger partial charge on any atom is -0.359 e. The van der Waals surface area contributed by atoms with Crippen molar-refractivity contribution in [1.29, 1.82) is 0 Å². The van der Waals surface area contributed by atoms with Crippen LogP contribution < -0.4 is 0 Å². The Hall–Kier alpha value is -0.670. The predicted octanol–water partition coefficient (Wildman–Crippen LogP) is 3.73. The zero-order chi connectivity index (χ0) is 15.0. The third kappa shape index (κ3) is 2.71. The number of hydrogen-bond donors (Lipinski definition) is 0. The fraction of sp³-hybridized carbons (Fsp3) is 0.824. The average Bonchev–Trinajstić information content (AvgIpc) is 2.66. The average molecular weight is 280 g/mol. The van der Waals surface area contributed by atoms with E-state index in [-0.39, 0.29) is 35.4 Å². The zero-order valence-electron chi connectivity index (χ0n) is 13.5. The molecule has 0 heterocycles. The van der Waals surface area contributed by atoms with Crippen molar-refractivity contribution in [2.75, 3.05) is 13.9 Å². The van der Waals surface area contributed by atoms with Crippen molar-refractivity contribution < 1.29 is 14.3 Å². The largest absolute Gasteiger partial charge is 0.359 e. The molecule has 0 amide bonds. The molecule has 3 heteroatoms. The van der Waals surface area contributed by atoms with Gasteiger partial charge in [0.25, 0.3) is 0 Å². The van der Waals surface area contributed by atoms with Crippen molar-refractivity contribution in [2.45, 2.75) is 59.5 Å². The number of allylic oxidation sites excluding steroid dienone is 2. The van der Waals surface area contributed by atoms with Gasteiger partial charge in [0.15, 0.2) is 5.78 Å². The Bertz CT molecular complexity index is 406. The lowest BCUT2D eigenvalue weighted by Crippen LogP contribution is -2.44. The summed E-state index contributed by atoms with van der Waals surface area (Å²) in [4.78, 5) is 13.0. The van der Waals surface area contributed by atoms with Crippen molar-refractivity contribution in [3.8, 4) is 0 Å². The van der Waals surface area contributed by atoms with Gasteiger partial charge in [-0.1, -0.05) is 39.3 Å². The number of ketones is 1. The van der Waals surface area contributed by atoms with E-state index in [0.29, 0.717) is 0 Å². The number of fused-ring (bicyclic) bond motifs is 2. The topological polar surface area (TPSA) is 35.5 Å². The van der Waals surface area contributed by atoms with Crippen LogP contribution in [0.3, 0.4) is 0 Å². The van der Waals surface area contributed by atoms with Crippen molar-refractivity contribution >= 4 is 5.78 Å². The fourth-order valence-electron chi connectivity index (χ4n) is 3.76. The molecule has 2 atom stereocenters. The van der Waals surface area contributed by atoms with Gasteiger partial charge in [-0.25, -0.2) is 0 Å². The summed E-state index contributed by atoms with van der Waals surface area (Å²) >= 11 is 0. The zero-order valence-corrected chi connectivity index (χ0v) is 13.5. The Morgan fingerprint density at radius 3 is 2.65 bits per heavy atom. The van der Waals surface area contributed by atoms with Crippen LogP contribution in [0.25, 0.3) is 0 Å². The number of methoxy groups -OCH3 is 1. The molecule has 2 bridgehead atoms. The van der Waals surface area contributed by atoms with Crippen LogP contribution in [-0.4, -0.2) is 25.8 Å². The summed E-state index contributed by atoms with van der Waals surface area (Å²) in [6, 6.07) is 0. The van der Waals surface area contributed by atoms with Crippen LogP contribution in [0.2, 0.25) is 0 Å². The van der Waals surface area contributed by atoms with Gasteiger partial charge in [-0.05, 0) is 31.1 Å². The van der Waals surface area contributed by atoms with Crippen LogP contribution in [0, 0.1) is 16.7 Å². The molecule has 2 aliphatic rings. The first-order chi connectivity index (χ1) is 9.30. The Labute approximate surface area is 122 Å².